The van der Waals surface area contributed by atoms with Gasteiger partial charge in [0.05, 0.1) is 18.8 Å². The Kier molecular flexibility index (Phi) is 4.74. The highest BCUT2D eigenvalue weighted by atomic mass is 32.1. The fourth-order valence-corrected chi connectivity index (χ4v) is 3.81. The van der Waals surface area contributed by atoms with Crippen molar-refractivity contribution in [2.75, 3.05) is 19.7 Å². The van der Waals surface area contributed by atoms with Crippen molar-refractivity contribution in [3.05, 3.63) is 70.2 Å². The fourth-order valence-electron chi connectivity index (χ4n) is 3.05. The molecule has 0 spiro atoms. The van der Waals surface area contributed by atoms with Crippen LogP contribution in [0.3, 0.4) is 0 Å². The van der Waals surface area contributed by atoms with E-state index in [4.69, 9.17) is 4.74 Å². The van der Waals surface area contributed by atoms with E-state index < -0.39 is 5.97 Å². The van der Waals surface area contributed by atoms with Gasteiger partial charge in [-0.05, 0) is 23.6 Å². The third kappa shape index (κ3) is 3.49. The molecule has 0 aliphatic carbocycles. The molecule has 1 N–H and O–H groups in total. The lowest BCUT2D eigenvalue weighted by Crippen LogP contribution is -2.42. The van der Waals surface area contributed by atoms with Crippen LogP contribution in [0.25, 0.3) is 5.69 Å². The zero-order valence-corrected chi connectivity index (χ0v) is 15.1. The van der Waals surface area contributed by atoms with Gasteiger partial charge in [0, 0.05) is 17.5 Å². The first kappa shape index (κ1) is 17.4. The number of benzene rings is 1. The lowest BCUT2D eigenvalue weighted by molar-refractivity contribution is -0.0214. The lowest BCUT2D eigenvalue weighted by Gasteiger charge is -2.32. The molecule has 7 nitrogen and oxygen atoms in total. The summed E-state index contributed by atoms with van der Waals surface area (Å²) in [6.45, 7) is 1.30. The molecule has 1 fully saturated rings. The normalized spacial score (nSPS) is 17.0. The number of hydrogen-bond donors (Lipinski definition) is 1. The predicted molar refractivity (Wildman–Crippen MR) is 99.4 cm³/mol. The van der Waals surface area contributed by atoms with Crippen LogP contribution in [-0.4, -0.2) is 51.4 Å². The second-order valence-corrected chi connectivity index (χ2v) is 7.07. The number of hydrogen-bond acceptors (Lipinski definition) is 5. The number of thiophene rings is 1. The van der Waals surface area contributed by atoms with Crippen molar-refractivity contribution in [1.29, 1.82) is 0 Å². The lowest BCUT2D eigenvalue weighted by atomic mass is 10.2. The van der Waals surface area contributed by atoms with Gasteiger partial charge in [0.25, 0.3) is 5.91 Å². The Bertz CT molecular complexity index is 953. The molecule has 0 unspecified atom stereocenters. The van der Waals surface area contributed by atoms with E-state index in [2.05, 4.69) is 5.10 Å². The van der Waals surface area contributed by atoms with Crippen molar-refractivity contribution in [2.24, 2.45) is 0 Å². The van der Waals surface area contributed by atoms with E-state index >= 15 is 0 Å². The minimum absolute atomic E-state index is 0.162. The SMILES string of the molecule is O=C(O)c1cc(C(=O)N2CCO[C@H](c3cccs3)C2)n(-c2ccccc2)n1. The number of carboxylic acid groups (broad SMARTS) is 1. The number of ether oxygens (including phenoxy) is 1. The number of aromatic carboxylic acids is 1. The summed E-state index contributed by atoms with van der Waals surface area (Å²) in [6, 6.07) is 14.3. The van der Waals surface area contributed by atoms with Crippen molar-refractivity contribution in [1.82, 2.24) is 14.7 Å². The second-order valence-electron chi connectivity index (χ2n) is 6.09. The van der Waals surface area contributed by atoms with Crippen LogP contribution in [0.2, 0.25) is 0 Å². The first-order valence-electron chi connectivity index (χ1n) is 8.46. The Morgan fingerprint density at radius 1 is 1.19 bits per heavy atom. The van der Waals surface area contributed by atoms with Crippen molar-refractivity contribution in [2.45, 2.75) is 6.10 Å². The van der Waals surface area contributed by atoms with Gasteiger partial charge in [-0.2, -0.15) is 5.10 Å². The number of carboxylic acids is 1. The van der Waals surface area contributed by atoms with Crippen LogP contribution in [-0.2, 0) is 4.74 Å². The summed E-state index contributed by atoms with van der Waals surface area (Å²) >= 11 is 1.59. The van der Waals surface area contributed by atoms with Crippen LogP contribution in [0.15, 0.2) is 53.9 Å². The van der Waals surface area contributed by atoms with Crippen LogP contribution in [0.4, 0.5) is 0 Å². The van der Waals surface area contributed by atoms with Gasteiger partial charge in [0.2, 0.25) is 0 Å². The quantitative estimate of drug-likeness (QED) is 0.749. The molecule has 0 saturated carbocycles. The average Bonchev–Trinajstić information content (AvgIpc) is 3.38. The summed E-state index contributed by atoms with van der Waals surface area (Å²) < 4.78 is 7.19. The first-order chi connectivity index (χ1) is 13.1. The van der Waals surface area contributed by atoms with Crippen LogP contribution in [0, 0.1) is 0 Å². The third-order valence-electron chi connectivity index (χ3n) is 4.36. The van der Waals surface area contributed by atoms with E-state index in [0.717, 1.165) is 4.88 Å². The molecule has 0 radical (unpaired) electrons. The highest BCUT2D eigenvalue weighted by Gasteiger charge is 2.30. The Hall–Kier alpha value is -2.97. The zero-order valence-electron chi connectivity index (χ0n) is 14.3. The molecule has 3 heterocycles. The Balaban J connectivity index is 1.66. The molecular weight excluding hydrogens is 366 g/mol. The third-order valence-corrected chi connectivity index (χ3v) is 5.33. The van der Waals surface area contributed by atoms with Gasteiger partial charge >= 0.3 is 5.97 Å². The molecule has 0 bridgehead atoms. The molecule has 138 valence electrons. The topological polar surface area (TPSA) is 84.7 Å². The van der Waals surface area contributed by atoms with Crippen LogP contribution >= 0.6 is 11.3 Å². The van der Waals surface area contributed by atoms with Gasteiger partial charge in [-0.25, -0.2) is 9.48 Å². The van der Waals surface area contributed by atoms with E-state index in [-0.39, 0.29) is 23.4 Å². The molecular formula is C19H17N3O4S. The summed E-state index contributed by atoms with van der Waals surface area (Å²) in [5, 5.41) is 15.4. The number of morpholine rings is 1. The molecule has 8 heteroatoms. The second kappa shape index (κ2) is 7.34. The molecule has 1 aliphatic heterocycles. The minimum Gasteiger partial charge on any atom is -0.476 e. The highest BCUT2D eigenvalue weighted by Crippen LogP contribution is 2.27. The number of rotatable bonds is 4. The average molecular weight is 383 g/mol. The maximum atomic E-state index is 13.2. The largest absolute Gasteiger partial charge is 0.476 e. The van der Waals surface area contributed by atoms with E-state index in [1.165, 1.54) is 10.7 Å². The van der Waals surface area contributed by atoms with Crippen LogP contribution in [0.5, 0.6) is 0 Å². The standard InChI is InChI=1S/C19H17N3O4S/c23-18(21-8-9-26-16(12-21)17-7-4-10-27-17)15-11-14(19(24)25)20-22(15)13-5-2-1-3-6-13/h1-7,10-11,16H,8-9,12H2,(H,24,25)/t16-/m0/s1. The monoisotopic (exact) mass is 383 g/mol. The maximum Gasteiger partial charge on any atom is 0.356 e. The number of carbonyl (C=O) groups is 2. The van der Waals surface area contributed by atoms with Crippen molar-refractivity contribution < 1.29 is 19.4 Å². The highest BCUT2D eigenvalue weighted by molar-refractivity contribution is 7.10. The van der Waals surface area contributed by atoms with Gasteiger partial charge in [0.15, 0.2) is 5.69 Å². The van der Waals surface area contributed by atoms with E-state index in [1.54, 1.807) is 28.4 Å². The number of carbonyl (C=O) groups excluding carboxylic acids is 1. The smallest absolute Gasteiger partial charge is 0.356 e. The minimum atomic E-state index is -1.17. The fraction of sp³-hybridized carbons (Fsp3) is 0.211. The van der Waals surface area contributed by atoms with Gasteiger partial charge < -0.3 is 14.7 Å². The molecule has 1 saturated heterocycles. The molecule has 1 amide bonds. The molecule has 27 heavy (non-hydrogen) atoms. The summed E-state index contributed by atoms with van der Waals surface area (Å²) in [7, 11) is 0. The molecule has 4 rings (SSSR count). The van der Waals surface area contributed by atoms with Gasteiger partial charge in [-0.15, -0.1) is 11.3 Å². The summed E-state index contributed by atoms with van der Waals surface area (Å²) in [5.74, 6) is -1.43. The first-order valence-corrected chi connectivity index (χ1v) is 9.34. The van der Waals surface area contributed by atoms with Crippen molar-refractivity contribution in [3.63, 3.8) is 0 Å². The number of amides is 1. The molecule has 2 aromatic heterocycles. The zero-order chi connectivity index (χ0) is 18.8. The summed E-state index contributed by atoms with van der Waals surface area (Å²) in [6.07, 6.45) is -0.172. The predicted octanol–water partition coefficient (Wildman–Crippen LogP) is 2.85. The van der Waals surface area contributed by atoms with Gasteiger partial charge in [-0.3, -0.25) is 4.79 Å². The van der Waals surface area contributed by atoms with Gasteiger partial charge in [-0.1, -0.05) is 24.3 Å². The Morgan fingerprint density at radius 3 is 2.70 bits per heavy atom. The Labute approximate surface area is 159 Å². The maximum absolute atomic E-state index is 13.2. The summed E-state index contributed by atoms with van der Waals surface area (Å²) in [5.41, 5.74) is 0.701. The number of aromatic nitrogens is 2. The number of para-hydroxylation sites is 1. The summed E-state index contributed by atoms with van der Waals surface area (Å²) in [4.78, 5) is 27.3. The molecule has 1 aliphatic rings. The number of nitrogens with zero attached hydrogens (tertiary/aromatic N) is 3. The van der Waals surface area contributed by atoms with Crippen molar-refractivity contribution in [3.8, 4) is 5.69 Å². The molecule has 3 aromatic rings. The van der Waals surface area contributed by atoms with Gasteiger partial charge in [0.1, 0.15) is 11.8 Å². The van der Waals surface area contributed by atoms with Crippen LogP contribution in [0.1, 0.15) is 32.0 Å². The van der Waals surface area contributed by atoms with Crippen LogP contribution < -0.4 is 0 Å². The Morgan fingerprint density at radius 2 is 2.00 bits per heavy atom. The van der Waals surface area contributed by atoms with E-state index in [9.17, 15) is 14.7 Å². The molecule has 1 aromatic carbocycles. The van der Waals surface area contributed by atoms with E-state index in [1.807, 2.05) is 35.7 Å². The van der Waals surface area contributed by atoms with E-state index in [0.29, 0.717) is 25.4 Å². The molecule has 1 atom stereocenters. The van der Waals surface area contributed by atoms with Crippen molar-refractivity contribution >= 4 is 23.2 Å².